The van der Waals surface area contributed by atoms with Gasteiger partial charge in [0.15, 0.2) is 0 Å². The van der Waals surface area contributed by atoms with Gasteiger partial charge < -0.3 is 10.2 Å². The van der Waals surface area contributed by atoms with Crippen LogP contribution in [-0.2, 0) is 11.8 Å². The van der Waals surface area contributed by atoms with Gasteiger partial charge in [-0.05, 0) is 33.6 Å². The van der Waals surface area contributed by atoms with Crippen LogP contribution in [0.15, 0.2) is 6.07 Å². The molecule has 1 amide bonds. The van der Waals surface area contributed by atoms with Crippen molar-refractivity contribution < 1.29 is 4.79 Å². The van der Waals surface area contributed by atoms with Gasteiger partial charge in [-0.15, -0.1) is 0 Å². The summed E-state index contributed by atoms with van der Waals surface area (Å²) in [5, 5.41) is 8.03. The molecule has 2 aromatic rings. The fraction of sp³-hybridized carbons (Fsp3) is 0.600. The highest BCUT2D eigenvalue weighted by molar-refractivity contribution is 5.79. The van der Waals surface area contributed by atoms with Crippen molar-refractivity contribution in [3.63, 3.8) is 0 Å². The summed E-state index contributed by atoms with van der Waals surface area (Å²) in [5.74, 6) is 2.71. The number of aromatic nitrogens is 4. The van der Waals surface area contributed by atoms with Crippen molar-refractivity contribution in [3.05, 3.63) is 34.5 Å². The lowest BCUT2D eigenvalue weighted by molar-refractivity contribution is -0.127. The van der Waals surface area contributed by atoms with Gasteiger partial charge >= 0.3 is 0 Å². The smallest absolute Gasteiger partial charge is 0.223 e. The van der Waals surface area contributed by atoms with Crippen molar-refractivity contribution in [1.29, 1.82) is 0 Å². The Kier molecular flexibility index (Phi) is 4.40. The first-order valence-electron chi connectivity index (χ1n) is 9.70. The van der Waals surface area contributed by atoms with Crippen LogP contribution >= 0.6 is 0 Å². The Hall–Kier alpha value is -2.44. The first-order valence-corrected chi connectivity index (χ1v) is 9.70. The summed E-state index contributed by atoms with van der Waals surface area (Å²) >= 11 is 0. The molecular weight excluding hydrogens is 340 g/mol. The monoisotopic (exact) mass is 368 g/mol. The van der Waals surface area contributed by atoms with Crippen molar-refractivity contribution in [3.8, 4) is 0 Å². The Labute approximate surface area is 160 Å². The predicted octanol–water partition coefficient (Wildman–Crippen LogP) is 2.64. The van der Waals surface area contributed by atoms with Gasteiger partial charge in [-0.1, -0.05) is 0 Å². The molecule has 4 rings (SSSR count). The molecule has 0 spiro atoms. The van der Waals surface area contributed by atoms with Crippen molar-refractivity contribution in [2.75, 3.05) is 18.9 Å². The van der Waals surface area contributed by atoms with Gasteiger partial charge in [-0.2, -0.15) is 5.10 Å². The normalized spacial score (nSPS) is 22.6. The number of carbonyl (C=O) groups is 1. The third-order valence-corrected chi connectivity index (χ3v) is 5.91. The fourth-order valence-electron chi connectivity index (χ4n) is 4.22. The molecule has 3 heterocycles. The first kappa shape index (κ1) is 17.9. The zero-order valence-corrected chi connectivity index (χ0v) is 16.8. The lowest BCUT2D eigenvalue weighted by atomic mass is 9.92. The van der Waals surface area contributed by atoms with E-state index in [-0.39, 0.29) is 17.9 Å². The van der Waals surface area contributed by atoms with E-state index < -0.39 is 0 Å². The van der Waals surface area contributed by atoms with Gasteiger partial charge in [-0.3, -0.25) is 9.48 Å². The molecule has 2 atom stereocenters. The van der Waals surface area contributed by atoms with E-state index in [0.29, 0.717) is 18.9 Å². The molecule has 1 aliphatic carbocycles. The van der Waals surface area contributed by atoms with Gasteiger partial charge in [0.05, 0.1) is 11.7 Å². The Morgan fingerprint density at radius 2 is 1.93 bits per heavy atom. The number of likely N-dealkylation sites (tertiary alicyclic amines) is 1. The summed E-state index contributed by atoms with van der Waals surface area (Å²) in [4.78, 5) is 23.6. The highest BCUT2D eigenvalue weighted by Gasteiger charge is 2.41. The van der Waals surface area contributed by atoms with Crippen LogP contribution in [0, 0.1) is 26.7 Å². The molecule has 27 heavy (non-hydrogen) atoms. The van der Waals surface area contributed by atoms with Crippen LogP contribution in [-0.4, -0.2) is 44.1 Å². The number of aryl methyl sites for hydroxylation is 3. The summed E-state index contributed by atoms with van der Waals surface area (Å²) < 4.78 is 1.90. The van der Waals surface area contributed by atoms with Crippen LogP contribution in [0.25, 0.3) is 0 Å². The maximum atomic E-state index is 12.5. The van der Waals surface area contributed by atoms with Crippen molar-refractivity contribution in [1.82, 2.24) is 24.6 Å². The maximum absolute atomic E-state index is 12.5. The predicted molar refractivity (Wildman–Crippen MR) is 104 cm³/mol. The lowest BCUT2D eigenvalue weighted by Gasteiger charge is -2.26. The molecule has 0 aromatic carbocycles. The third kappa shape index (κ3) is 3.31. The number of hydrogen-bond acceptors (Lipinski definition) is 5. The number of anilines is 1. The molecule has 0 unspecified atom stereocenters. The van der Waals surface area contributed by atoms with Gasteiger partial charge in [0.25, 0.3) is 0 Å². The zero-order valence-electron chi connectivity index (χ0n) is 16.8. The Morgan fingerprint density at radius 3 is 2.56 bits per heavy atom. The summed E-state index contributed by atoms with van der Waals surface area (Å²) in [5.41, 5.74) is 4.29. The highest BCUT2D eigenvalue weighted by Crippen LogP contribution is 2.40. The minimum atomic E-state index is 0.0459. The average Bonchev–Trinajstić information content (AvgIpc) is 3.38. The van der Waals surface area contributed by atoms with Crippen molar-refractivity contribution >= 4 is 11.7 Å². The van der Waals surface area contributed by atoms with Crippen LogP contribution in [0.4, 0.5) is 5.82 Å². The minimum absolute atomic E-state index is 0.0459. The molecule has 144 valence electrons. The zero-order chi connectivity index (χ0) is 19.3. The minimum Gasteiger partial charge on any atom is -0.370 e. The molecule has 1 aliphatic heterocycles. The third-order valence-electron chi connectivity index (χ3n) is 5.91. The molecule has 2 aromatic heterocycles. The fourth-order valence-corrected chi connectivity index (χ4v) is 4.22. The topological polar surface area (TPSA) is 75.9 Å². The van der Waals surface area contributed by atoms with Crippen LogP contribution < -0.4 is 5.32 Å². The molecule has 1 N–H and O–H groups in total. The van der Waals surface area contributed by atoms with Crippen molar-refractivity contribution in [2.24, 2.45) is 13.0 Å². The van der Waals surface area contributed by atoms with Crippen LogP contribution in [0.3, 0.4) is 0 Å². The molecule has 7 nitrogen and oxygen atoms in total. The van der Waals surface area contributed by atoms with Crippen LogP contribution in [0.2, 0.25) is 0 Å². The van der Waals surface area contributed by atoms with E-state index in [9.17, 15) is 4.79 Å². The number of nitrogens with zero attached hydrogens (tertiary/aromatic N) is 5. The standard InChI is InChI=1S/C20H28N6O/c1-11-8-16(23-20(22-11)14-6-7-14)21-10-15-9-17(27)25(4)19(15)18-12(2)24-26(5)13(18)3/h8,14-15,19H,6-7,9-10H2,1-5H3,(H,21,22,23)/t15-,19+/m0/s1. The lowest BCUT2D eigenvalue weighted by Crippen LogP contribution is -2.27. The van der Waals surface area contributed by atoms with E-state index in [0.717, 1.165) is 28.7 Å². The molecule has 1 saturated heterocycles. The number of amides is 1. The van der Waals surface area contributed by atoms with Gasteiger partial charge in [-0.25, -0.2) is 9.97 Å². The van der Waals surface area contributed by atoms with E-state index in [1.807, 2.05) is 43.6 Å². The van der Waals surface area contributed by atoms with E-state index in [1.54, 1.807) is 0 Å². The summed E-state index contributed by atoms with van der Waals surface area (Å²) in [6.45, 7) is 6.82. The molecule has 1 saturated carbocycles. The molecular formula is C20H28N6O. The van der Waals surface area contributed by atoms with Gasteiger partial charge in [0.2, 0.25) is 5.91 Å². The van der Waals surface area contributed by atoms with Crippen LogP contribution in [0.1, 0.15) is 59.7 Å². The largest absolute Gasteiger partial charge is 0.370 e. The number of nitrogens with one attached hydrogen (secondary N) is 1. The SMILES string of the molecule is Cc1cc(NC[C@@H]2CC(=O)N(C)[C@H]2c2c(C)nn(C)c2C)nc(C2CC2)n1. The highest BCUT2D eigenvalue weighted by atomic mass is 16.2. The number of rotatable bonds is 5. The summed E-state index contributed by atoms with van der Waals surface area (Å²) in [6, 6.07) is 2.03. The maximum Gasteiger partial charge on any atom is 0.223 e. The second-order valence-electron chi connectivity index (χ2n) is 8.03. The first-order chi connectivity index (χ1) is 12.8. The van der Waals surface area contributed by atoms with Gasteiger partial charge in [0, 0.05) is 61.9 Å². The molecule has 2 aliphatic rings. The number of hydrogen-bond donors (Lipinski definition) is 1. The molecule has 7 heteroatoms. The average molecular weight is 368 g/mol. The number of carbonyl (C=O) groups excluding carboxylic acids is 1. The van der Waals surface area contributed by atoms with E-state index in [4.69, 9.17) is 4.98 Å². The Balaban J connectivity index is 1.56. The molecule has 0 bridgehead atoms. The van der Waals surface area contributed by atoms with E-state index >= 15 is 0 Å². The Bertz CT molecular complexity index is 885. The summed E-state index contributed by atoms with van der Waals surface area (Å²) in [7, 11) is 3.86. The Morgan fingerprint density at radius 1 is 1.19 bits per heavy atom. The molecule has 2 fully saturated rings. The van der Waals surface area contributed by atoms with Gasteiger partial charge in [0.1, 0.15) is 11.6 Å². The summed E-state index contributed by atoms with van der Waals surface area (Å²) in [6.07, 6.45) is 2.92. The van der Waals surface area contributed by atoms with Crippen LogP contribution in [0.5, 0.6) is 0 Å². The van der Waals surface area contributed by atoms with E-state index in [2.05, 4.69) is 22.3 Å². The second-order valence-corrected chi connectivity index (χ2v) is 8.03. The van der Waals surface area contributed by atoms with Crippen molar-refractivity contribution in [2.45, 2.75) is 52.0 Å². The second kappa shape index (κ2) is 6.62. The van der Waals surface area contributed by atoms with E-state index in [1.165, 1.54) is 18.4 Å². The quantitative estimate of drug-likeness (QED) is 0.878. The molecule has 0 radical (unpaired) electrons.